The summed E-state index contributed by atoms with van der Waals surface area (Å²) >= 11 is 5.62. The van der Waals surface area contributed by atoms with Crippen LogP contribution in [0.3, 0.4) is 0 Å². The summed E-state index contributed by atoms with van der Waals surface area (Å²) in [5.41, 5.74) is 7.07. The second-order valence-electron chi connectivity index (χ2n) is 4.69. The Hall–Kier alpha value is -1.58. The minimum Gasteiger partial charge on any atom is -0.457 e. The fraction of sp³-hybridized carbons (Fsp3) is 0.250. The quantitative estimate of drug-likeness (QED) is 0.877. The van der Waals surface area contributed by atoms with E-state index in [2.05, 4.69) is 6.92 Å². The first-order valence-corrected chi connectivity index (χ1v) is 6.93. The molecule has 1 atom stereocenters. The van der Waals surface area contributed by atoms with Gasteiger partial charge in [-0.2, -0.15) is 0 Å². The fourth-order valence-electron chi connectivity index (χ4n) is 1.82. The zero-order valence-electron chi connectivity index (χ0n) is 11.3. The number of hydrogen-bond acceptors (Lipinski definition) is 2. The van der Waals surface area contributed by atoms with Crippen molar-refractivity contribution in [2.24, 2.45) is 5.73 Å². The van der Waals surface area contributed by atoms with Crippen LogP contribution in [0.25, 0.3) is 0 Å². The number of ether oxygens (including phenoxy) is 1. The smallest absolute Gasteiger partial charge is 0.145 e. The Morgan fingerprint density at radius 3 is 2.40 bits per heavy atom. The third-order valence-corrected chi connectivity index (χ3v) is 3.38. The van der Waals surface area contributed by atoms with Crippen LogP contribution in [0.15, 0.2) is 42.5 Å². The third kappa shape index (κ3) is 3.95. The van der Waals surface area contributed by atoms with Gasteiger partial charge < -0.3 is 10.5 Å². The SMILES string of the molecule is CCC(N)Cc1ccc(Oc2ccc(Cl)c(F)c2)cc1. The summed E-state index contributed by atoms with van der Waals surface area (Å²) < 4.78 is 18.9. The molecule has 20 heavy (non-hydrogen) atoms. The molecule has 106 valence electrons. The van der Waals surface area contributed by atoms with Crippen molar-refractivity contribution in [3.8, 4) is 11.5 Å². The number of benzene rings is 2. The van der Waals surface area contributed by atoms with Gasteiger partial charge >= 0.3 is 0 Å². The molecule has 0 saturated carbocycles. The second kappa shape index (κ2) is 6.73. The van der Waals surface area contributed by atoms with Gasteiger partial charge in [-0.05, 0) is 42.7 Å². The van der Waals surface area contributed by atoms with Crippen LogP contribution in [0.2, 0.25) is 5.02 Å². The fourth-order valence-corrected chi connectivity index (χ4v) is 1.93. The standard InChI is InChI=1S/C16H17ClFNO/c1-2-12(19)9-11-3-5-13(6-4-11)20-14-7-8-15(17)16(18)10-14/h3-8,10,12H,2,9,19H2,1H3. The minimum atomic E-state index is -0.491. The summed E-state index contributed by atoms with van der Waals surface area (Å²) in [6, 6.07) is 12.2. The predicted octanol–water partition coefficient (Wildman–Crippen LogP) is 4.55. The van der Waals surface area contributed by atoms with Crippen LogP contribution in [0, 0.1) is 5.82 Å². The van der Waals surface area contributed by atoms with Crippen molar-refractivity contribution in [2.75, 3.05) is 0 Å². The van der Waals surface area contributed by atoms with Crippen LogP contribution in [-0.2, 0) is 6.42 Å². The highest BCUT2D eigenvalue weighted by Gasteiger charge is 2.04. The average molecular weight is 294 g/mol. The first-order valence-electron chi connectivity index (χ1n) is 6.56. The van der Waals surface area contributed by atoms with Crippen molar-refractivity contribution in [1.29, 1.82) is 0 Å². The minimum absolute atomic E-state index is 0.0845. The van der Waals surface area contributed by atoms with Crippen molar-refractivity contribution in [3.63, 3.8) is 0 Å². The van der Waals surface area contributed by atoms with Crippen molar-refractivity contribution in [1.82, 2.24) is 0 Å². The highest BCUT2D eigenvalue weighted by Crippen LogP contribution is 2.25. The highest BCUT2D eigenvalue weighted by atomic mass is 35.5. The summed E-state index contributed by atoms with van der Waals surface area (Å²) in [5, 5.41) is 0.0845. The van der Waals surface area contributed by atoms with Crippen molar-refractivity contribution >= 4 is 11.6 Å². The van der Waals surface area contributed by atoms with Gasteiger partial charge in [0, 0.05) is 12.1 Å². The molecule has 0 radical (unpaired) electrons. The summed E-state index contributed by atoms with van der Waals surface area (Å²) in [4.78, 5) is 0. The van der Waals surface area contributed by atoms with Gasteiger partial charge in [0.25, 0.3) is 0 Å². The molecule has 2 aromatic carbocycles. The lowest BCUT2D eigenvalue weighted by atomic mass is 10.0. The van der Waals surface area contributed by atoms with Crippen LogP contribution >= 0.6 is 11.6 Å². The van der Waals surface area contributed by atoms with Gasteiger partial charge in [0.1, 0.15) is 17.3 Å². The van der Waals surface area contributed by atoms with Crippen LogP contribution in [0.4, 0.5) is 4.39 Å². The lowest BCUT2D eigenvalue weighted by Crippen LogP contribution is -2.21. The van der Waals surface area contributed by atoms with Crippen molar-refractivity contribution in [3.05, 3.63) is 58.9 Å². The molecular weight excluding hydrogens is 277 g/mol. The molecule has 0 aliphatic rings. The largest absolute Gasteiger partial charge is 0.457 e. The van der Waals surface area contributed by atoms with Crippen LogP contribution in [-0.4, -0.2) is 6.04 Å². The number of nitrogens with two attached hydrogens (primary N) is 1. The molecule has 2 rings (SSSR count). The Balaban J connectivity index is 2.04. The van der Waals surface area contributed by atoms with Gasteiger partial charge in [0.2, 0.25) is 0 Å². The topological polar surface area (TPSA) is 35.2 Å². The zero-order chi connectivity index (χ0) is 14.5. The van der Waals surface area contributed by atoms with Gasteiger partial charge in [-0.1, -0.05) is 30.7 Å². The van der Waals surface area contributed by atoms with E-state index in [0.29, 0.717) is 11.5 Å². The van der Waals surface area contributed by atoms with Gasteiger partial charge in [0.15, 0.2) is 0 Å². The highest BCUT2D eigenvalue weighted by molar-refractivity contribution is 6.30. The molecule has 0 aliphatic carbocycles. The number of hydrogen-bond donors (Lipinski definition) is 1. The molecule has 0 heterocycles. The van der Waals surface area contributed by atoms with Crippen molar-refractivity contribution < 1.29 is 9.13 Å². The molecule has 0 amide bonds. The van der Waals surface area contributed by atoms with Gasteiger partial charge in [-0.25, -0.2) is 4.39 Å². The Bertz CT molecular complexity index is 571. The predicted molar refractivity (Wildman–Crippen MR) is 79.9 cm³/mol. The molecule has 2 aromatic rings. The number of halogens is 2. The molecule has 0 aliphatic heterocycles. The molecule has 0 bridgehead atoms. The summed E-state index contributed by atoms with van der Waals surface area (Å²) in [6.45, 7) is 2.07. The zero-order valence-corrected chi connectivity index (χ0v) is 12.0. The summed E-state index contributed by atoms with van der Waals surface area (Å²) in [5.74, 6) is 0.583. The molecule has 0 spiro atoms. The van der Waals surface area contributed by atoms with Gasteiger partial charge in [0.05, 0.1) is 5.02 Å². The van der Waals surface area contributed by atoms with E-state index in [9.17, 15) is 4.39 Å². The maximum absolute atomic E-state index is 13.3. The van der Waals surface area contributed by atoms with E-state index >= 15 is 0 Å². The molecule has 1 unspecified atom stereocenters. The second-order valence-corrected chi connectivity index (χ2v) is 5.10. The van der Waals surface area contributed by atoms with E-state index in [4.69, 9.17) is 22.1 Å². The lowest BCUT2D eigenvalue weighted by molar-refractivity contribution is 0.476. The lowest BCUT2D eigenvalue weighted by Gasteiger charge is -2.10. The van der Waals surface area contributed by atoms with E-state index < -0.39 is 5.82 Å². The van der Waals surface area contributed by atoms with Gasteiger partial charge in [-0.3, -0.25) is 0 Å². The van der Waals surface area contributed by atoms with E-state index in [-0.39, 0.29) is 11.1 Å². The Kier molecular flexibility index (Phi) is 4.99. The molecule has 2 nitrogen and oxygen atoms in total. The molecule has 2 N–H and O–H groups in total. The first-order chi connectivity index (χ1) is 9.58. The van der Waals surface area contributed by atoms with Crippen LogP contribution < -0.4 is 10.5 Å². The molecular formula is C16H17ClFNO. The Labute approximate surface area is 123 Å². The first kappa shape index (κ1) is 14.8. The van der Waals surface area contributed by atoms with E-state index in [1.165, 1.54) is 12.1 Å². The van der Waals surface area contributed by atoms with E-state index in [1.807, 2.05) is 24.3 Å². The van der Waals surface area contributed by atoms with Crippen molar-refractivity contribution in [2.45, 2.75) is 25.8 Å². The monoisotopic (exact) mass is 293 g/mol. The molecule has 0 fully saturated rings. The summed E-state index contributed by atoms with van der Waals surface area (Å²) in [7, 11) is 0. The maximum atomic E-state index is 13.3. The van der Waals surface area contributed by atoms with Crippen LogP contribution in [0.1, 0.15) is 18.9 Å². The Morgan fingerprint density at radius 2 is 1.80 bits per heavy atom. The third-order valence-electron chi connectivity index (χ3n) is 3.07. The van der Waals surface area contributed by atoms with Crippen LogP contribution in [0.5, 0.6) is 11.5 Å². The molecule has 0 saturated heterocycles. The summed E-state index contributed by atoms with van der Waals surface area (Å²) in [6.07, 6.45) is 1.79. The maximum Gasteiger partial charge on any atom is 0.145 e. The van der Waals surface area contributed by atoms with Gasteiger partial charge in [-0.15, -0.1) is 0 Å². The molecule has 0 aromatic heterocycles. The normalized spacial score (nSPS) is 12.2. The average Bonchev–Trinajstić information content (AvgIpc) is 2.45. The van der Waals surface area contributed by atoms with E-state index in [1.54, 1.807) is 6.07 Å². The molecule has 4 heteroatoms. The number of rotatable bonds is 5. The van der Waals surface area contributed by atoms with E-state index in [0.717, 1.165) is 18.4 Å². The Morgan fingerprint density at radius 1 is 1.15 bits per heavy atom.